The van der Waals surface area contributed by atoms with E-state index in [9.17, 15) is 4.79 Å². The molecule has 0 aliphatic carbocycles. The van der Waals surface area contributed by atoms with Crippen molar-refractivity contribution in [3.63, 3.8) is 0 Å². The number of carbonyl (C=O) groups excluding carboxylic acids is 1. The van der Waals surface area contributed by atoms with E-state index in [1.165, 1.54) is 6.92 Å². The number of rotatable bonds is 1. The highest BCUT2D eigenvalue weighted by Crippen LogP contribution is 2.02. The van der Waals surface area contributed by atoms with E-state index in [4.69, 9.17) is 5.11 Å². The van der Waals surface area contributed by atoms with Crippen LogP contribution in [0.1, 0.15) is 6.92 Å². The van der Waals surface area contributed by atoms with Crippen molar-refractivity contribution in [2.75, 3.05) is 26.2 Å². The summed E-state index contributed by atoms with van der Waals surface area (Å²) in [6.45, 7) is 3.48. The van der Waals surface area contributed by atoms with Gasteiger partial charge in [0, 0.05) is 26.6 Å². The molecule has 1 rings (SSSR count). The molecule has 1 aliphatic heterocycles. The van der Waals surface area contributed by atoms with Gasteiger partial charge in [0.05, 0.1) is 12.6 Å². The smallest absolute Gasteiger partial charge is 0.219 e. The van der Waals surface area contributed by atoms with Gasteiger partial charge in [0.1, 0.15) is 0 Å². The SMILES string of the molecule is CC(=O)N1CC[N]CC1CO. The average molecular weight is 157 g/mol. The maximum absolute atomic E-state index is 10.9. The van der Waals surface area contributed by atoms with Gasteiger partial charge >= 0.3 is 0 Å². The summed E-state index contributed by atoms with van der Waals surface area (Å²) in [5.74, 6) is 0.0268. The van der Waals surface area contributed by atoms with E-state index in [0.29, 0.717) is 19.6 Å². The lowest BCUT2D eigenvalue weighted by Crippen LogP contribution is -2.52. The predicted molar refractivity (Wildman–Crippen MR) is 40.1 cm³/mol. The lowest BCUT2D eigenvalue weighted by molar-refractivity contribution is -0.132. The predicted octanol–water partition coefficient (Wildman–Crippen LogP) is -1.19. The van der Waals surface area contributed by atoms with E-state index in [0.717, 1.165) is 0 Å². The molecule has 0 saturated carbocycles. The van der Waals surface area contributed by atoms with Crippen molar-refractivity contribution in [3.05, 3.63) is 0 Å². The van der Waals surface area contributed by atoms with Crippen molar-refractivity contribution in [1.29, 1.82) is 0 Å². The van der Waals surface area contributed by atoms with Crippen molar-refractivity contribution in [2.24, 2.45) is 0 Å². The van der Waals surface area contributed by atoms with Gasteiger partial charge in [-0.05, 0) is 0 Å². The Hall–Kier alpha value is -0.610. The zero-order valence-corrected chi connectivity index (χ0v) is 6.66. The zero-order chi connectivity index (χ0) is 8.27. The standard InChI is InChI=1S/C7H13N2O2/c1-6(11)9-3-2-8-4-7(9)5-10/h7,10H,2-5H2,1H3. The largest absolute Gasteiger partial charge is 0.394 e. The Morgan fingerprint density at radius 2 is 2.55 bits per heavy atom. The van der Waals surface area contributed by atoms with Gasteiger partial charge < -0.3 is 10.0 Å². The van der Waals surface area contributed by atoms with Crippen LogP contribution in [0.5, 0.6) is 0 Å². The molecule has 11 heavy (non-hydrogen) atoms. The second-order valence-corrected chi connectivity index (χ2v) is 2.68. The fourth-order valence-electron chi connectivity index (χ4n) is 1.27. The van der Waals surface area contributed by atoms with Gasteiger partial charge in [-0.2, -0.15) is 0 Å². The lowest BCUT2D eigenvalue weighted by Gasteiger charge is -2.33. The molecule has 1 atom stereocenters. The van der Waals surface area contributed by atoms with Crippen molar-refractivity contribution in [1.82, 2.24) is 10.2 Å². The number of piperazine rings is 1. The quantitative estimate of drug-likeness (QED) is 0.520. The normalized spacial score (nSPS) is 25.3. The molecule has 1 amide bonds. The molecule has 0 aromatic rings. The van der Waals surface area contributed by atoms with Crippen LogP contribution in [0, 0.1) is 0 Å². The Balaban J connectivity index is 2.51. The molecule has 1 radical (unpaired) electrons. The maximum Gasteiger partial charge on any atom is 0.219 e. The van der Waals surface area contributed by atoms with E-state index in [2.05, 4.69) is 5.32 Å². The molecule has 1 N–H and O–H groups in total. The molecule has 4 nitrogen and oxygen atoms in total. The van der Waals surface area contributed by atoms with Gasteiger partial charge in [-0.25, -0.2) is 5.32 Å². The van der Waals surface area contributed by atoms with Crippen LogP contribution in [-0.2, 0) is 4.79 Å². The highest BCUT2D eigenvalue weighted by molar-refractivity contribution is 5.73. The average Bonchev–Trinajstić information content (AvgIpc) is 2.04. The number of carbonyl (C=O) groups is 1. The highest BCUT2D eigenvalue weighted by atomic mass is 16.3. The zero-order valence-electron chi connectivity index (χ0n) is 6.66. The molecule has 1 heterocycles. The summed E-state index contributed by atoms with van der Waals surface area (Å²) < 4.78 is 0. The Morgan fingerprint density at radius 1 is 1.82 bits per heavy atom. The number of hydrogen-bond acceptors (Lipinski definition) is 2. The van der Waals surface area contributed by atoms with E-state index in [-0.39, 0.29) is 18.6 Å². The molecular weight excluding hydrogens is 144 g/mol. The van der Waals surface area contributed by atoms with Crippen LogP contribution in [0.2, 0.25) is 0 Å². The Morgan fingerprint density at radius 3 is 3.00 bits per heavy atom. The third-order valence-corrected chi connectivity index (χ3v) is 1.89. The third-order valence-electron chi connectivity index (χ3n) is 1.89. The maximum atomic E-state index is 10.9. The fraction of sp³-hybridized carbons (Fsp3) is 0.857. The highest BCUT2D eigenvalue weighted by Gasteiger charge is 2.23. The number of hydrogen-bond donors (Lipinski definition) is 1. The second kappa shape index (κ2) is 3.69. The first-order valence-electron chi connectivity index (χ1n) is 3.77. The molecule has 1 saturated heterocycles. The second-order valence-electron chi connectivity index (χ2n) is 2.68. The van der Waals surface area contributed by atoms with E-state index in [1.54, 1.807) is 4.90 Å². The van der Waals surface area contributed by atoms with Crippen LogP contribution in [0.4, 0.5) is 0 Å². The first-order chi connectivity index (χ1) is 5.25. The number of nitrogens with zero attached hydrogens (tertiary/aromatic N) is 2. The number of amides is 1. The first-order valence-corrected chi connectivity index (χ1v) is 3.77. The minimum Gasteiger partial charge on any atom is -0.394 e. The van der Waals surface area contributed by atoms with Crippen LogP contribution >= 0.6 is 0 Å². The molecule has 63 valence electrons. The Kier molecular flexibility index (Phi) is 2.84. The molecule has 1 aliphatic rings. The van der Waals surface area contributed by atoms with Crippen LogP contribution in [0.25, 0.3) is 0 Å². The molecule has 0 aromatic heterocycles. The molecule has 0 aromatic carbocycles. The van der Waals surface area contributed by atoms with Gasteiger partial charge in [-0.15, -0.1) is 0 Å². The minimum absolute atomic E-state index is 0.0169. The van der Waals surface area contributed by atoms with E-state index in [1.807, 2.05) is 0 Å². The van der Waals surface area contributed by atoms with Crippen molar-refractivity contribution < 1.29 is 9.90 Å². The molecular formula is C7H13N2O2. The summed E-state index contributed by atoms with van der Waals surface area (Å²) in [6, 6.07) is -0.0822. The Labute approximate surface area is 66.2 Å². The molecule has 0 spiro atoms. The summed E-state index contributed by atoms with van der Waals surface area (Å²) in [5.41, 5.74) is 0. The summed E-state index contributed by atoms with van der Waals surface area (Å²) in [5, 5.41) is 13.0. The van der Waals surface area contributed by atoms with Crippen LogP contribution in [-0.4, -0.2) is 48.2 Å². The molecule has 1 fully saturated rings. The van der Waals surface area contributed by atoms with Gasteiger partial charge in [-0.1, -0.05) is 0 Å². The van der Waals surface area contributed by atoms with Crippen molar-refractivity contribution in [3.8, 4) is 0 Å². The van der Waals surface area contributed by atoms with Crippen LogP contribution in [0.15, 0.2) is 0 Å². The van der Waals surface area contributed by atoms with Crippen LogP contribution < -0.4 is 5.32 Å². The van der Waals surface area contributed by atoms with Gasteiger partial charge in [-0.3, -0.25) is 4.79 Å². The third kappa shape index (κ3) is 1.91. The van der Waals surface area contributed by atoms with Gasteiger partial charge in [0.15, 0.2) is 0 Å². The van der Waals surface area contributed by atoms with Crippen molar-refractivity contribution in [2.45, 2.75) is 13.0 Å². The fourth-order valence-corrected chi connectivity index (χ4v) is 1.27. The van der Waals surface area contributed by atoms with Gasteiger partial charge in [0.2, 0.25) is 5.91 Å². The number of aliphatic hydroxyl groups is 1. The molecule has 1 unspecified atom stereocenters. The van der Waals surface area contributed by atoms with Crippen molar-refractivity contribution >= 4 is 5.91 Å². The lowest BCUT2D eigenvalue weighted by atomic mass is 10.2. The summed E-state index contributed by atoms with van der Waals surface area (Å²) in [4.78, 5) is 12.6. The number of aliphatic hydroxyl groups excluding tert-OH is 1. The van der Waals surface area contributed by atoms with E-state index < -0.39 is 0 Å². The molecule has 0 bridgehead atoms. The monoisotopic (exact) mass is 157 g/mol. The molecule has 4 heteroatoms. The van der Waals surface area contributed by atoms with Gasteiger partial charge in [0.25, 0.3) is 0 Å². The topological polar surface area (TPSA) is 54.6 Å². The van der Waals surface area contributed by atoms with Crippen LogP contribution in [0.3, 0.4) is 0 Å². The summed E-state index contributed by atoms with van der Waals surface area (Å²) in [6.07, 6.45) is 0. The Bertz CT molecular complexity index is 149. The minimum atomic E-state index is -0.0822. The van der Waals surface area contributed by atoms with E-state index >= 15 is 0 Å². The summed E-state index contributed by atoms with van der Waals surface area (Å²) >= 11 is 0. The summed E-state index contributed by atoms with van der Waals surface area (Å²) in [7, 11) is 0. The first kappa shape index (κ1) is 8.49.